The number of aromatic nitrogens is 2. The standard InChI is InChI=1S/C24H25N3O3S/c1-26-17-5-6-18(26)13-20(12-17)30-19-9-7-16(8-10-19)27-15-25-22-14-21(4-3-11-29-2)31-23(22)24(27)28/h7-10,14-15,17-18,20H,5-6,11-13H2,1-2H3/t17-,18+,20?. The molecule has 1 aromatic carbocycles. The smallest absolute Gasteiger partial charge is 0.275 e. The highest BCUT2D eigenvalue weighted by atomic mass is 32.1. The molecule has 31 heavy (non-hydrogen) atoms. The van der Waals surface area contributed by atoms with Crippen molar-refractivity contribution in [3.63, 3.8) is 0 Å². The molecule has 2 bridgehead atoms. The Bertz CT molecular complexity index is 1190. The van der Waals surface area contributed by atoms with Gasteiger partial charge in [0.1, 0.15) is 29.5 Å². The maximum atomic E-state index is 13.0. The van der Waals surface area contributed by atoms with Crippen molar-refractivity contribution in [3.8, 4) is 23.3 Å². The molecule has 3 aromatic rings. The van der Waals surface area contributed by atoms with Crippen molar-refractivity contribution in [2.24, 2.45) is 0 Å². The highest BCUT2D eigenvalue weighted by Gasteiger charge is 2.39. The van der Waals surface area contributed by atoms with Crippen molar-refractivity contribution in [3.05, 3.63) is 51.9 Å². The van der Waals surface area contributed by atoms with E-state index in [0.717, 1.165) is 29.2 Å². The van der Waals surface area contributed by atoms with Gasteiger partial charge in [0, 0.05) is 19.2 Å². The van der Waals surface area contributed by atoms with Crippen LogP contribution in [0.25, 0.3) is 15.9 Å². The molecule has 7 heteroatoms. The lowest BCUT2D eigenvalue weighted by Gasteiger charge is -2.36. The first-order valence-electron chi connectivity index (χ1n) is 10.6. The Morgan fingerprint density at radius 3 is 2.65 bits per heavy atom. The summed E-state index contributed by atoms with van der Waals surface area (Å²) in [6.45, 7) is 0.360. The average molecular weight is 436 g/mol. The van der Waals surface area contributed by atoms with E-state index in [9.17, 15) is 4.79 Å². The monoisotopic (exact) mass is 435 g/mol. The summed E-state index contributed by atoms with van der Waals surface area (Å²) in [6.07, 6.45) is 6.57. The Morgan fingerprint density at radius 1 is 1.19 bits per heavy atom. The zero-order valence-corrected chi connectivity index (χ0v) is 18.5. The van der Waals surface area contributed by atoms with Crippen molar-refractivity contribution in [2.45, 2.75) is 43.9 Å². The summed E-state index contributed by atoms with van der Waals surface area (Å²) in [5.41, 5.74) is 1.36. The maximum absolute atomic E-state index is 13.0. The number of nitrogens with zero attached hydrogens (tertiary/aromatic N) is 3. The van der Waals surface area contributed by atoms with E-state index >= 15 is 0 Å². The largest absolute Gasteiger partial charge is 0.490 e. The van der Waals surface area contributed by atoms with Crippen LogP contribution in [0.1, 0.15) is 30.6 Å². The predicted octanol–water partition coefficient (Wildman–Crippen LogP) is 3.45. The maximum Gasteiger partial charge on any atom is 0.275 e. The van der Waals surface area contributed by atoms with Gasteiger partial charge in [-0.05, 0) is 63.1 Å². The van der Waals surface area contributed by atoms with E-state index in [1.165, 1.54) is 24.2 Å². The number of ether oxygens (including phenoxy) is 2. The molecule has 2 aliphatic heterocycles. The number of rotatable bonds is 4. The number of hydrogen-bond donors (Lipinski definition) is 0. The summed E-state index contributed by atoms with van der Waals surface area (Å²) in [7, 11) is 3.84. The molecule has 0 spiro atoms. The van der Waals surface area contributed by atoms with Gasteiger partial charge in [-0.2, -0.15) is 0 Å². The lowest BCUT2D eigenvalue weighted by Crippen LogP contribution is -2.43. The Kier molecular flexibility index (Phi) is 5.53. The zero-order chi connectivity index (χ0) is 21.4. The van der Waals surface area contributed by atoms with Crippen LogP contribution in [0.2, 0.25) is 0 Å². The van der Waals surface area contributed by atoms with E-state index in [1.807, 2.05) is 30.3 Å². The normalized spacial score (nSPS) is 23.0. The molecule has 2 aromatic heterocycles. The fourth-order valence-electron chi connectivity index (χ4n) is 4.69. The predicted molar refractivity (Wildman–Crippen MR) is 122 cm³/mol. The van der Waals surface area contributed by atoms with Gasteiger partial charge >= 0.3 is 0 Å². The Morgan fingerprint density at radius 2 is 1.94 bits per heavy atom. The van der Waals surface area contributed by atoms with Crippen molar-refractivity contribution in [1.82, 2.24) is 14.5 Å². The van der Waals surface area contributed by atoms with Gasteiger partial charge in [0.2, 0.25) is 0 Å². The molecule has 1 unspecified atom stereocenters. The summed E-state index contributed by atoms with van der Waals surface area (Å²) < 4.78 is 13.4. The topological polar surface area (TPSA) is 56.6 Å². The number of benzene rings is 1. The molecular weight excluding hydrogens is 410 g/mol. The molecule has 3 atom stereocenters. The van der Waals surface area contributed by atoms with Crippen LogP contribution in [-0.2, 0) is 4.74 Å². The van der Waals surface area contributed by atoms with Crippen molar-refractivity contribution < 1.29 is 9.47 Å². The van der Waals surface area contributed by atoms with Crippen molar-refractivity contribution in [2.75, 3.05) is 20.8 Å². The summed E-state index contributed by atoms with van der Waals surface area (Å²) in [4.78, 5) is 20.8. The molecule has 0 radical (unpaired) electrons. The summed E-state index contributed by atoms with van der Waals surface area (Å²) in [5.74, 6) is 6.78. The van der Waals surface area contributed by atoms with Crippen molar-refractivity contribution >= 4 is 21.6 Å². The van der Waals surface area contributed by atoms with Crippen LogP contribution in [0.5, 0.6) is 5.75 Å². The second-order valence-corrected chi connectivity index (χ2v) is 9.29. The van der Waals surface area contributed by atoms with E-state index in [-0.39, 0.29) is 11.7 Å². The van der Waals surface area contributed by atoms with Crippen LogP contribution in [0.15, 0.2) is 41.5 Å². The highest BCUT2D eigenvalue weighted by Crippen LogP contribution is 2.36. The van der Waals surface area contributed by atoms with Crippen LogP contribution in [0.4, 0.5) is 0 Å². The third-order valence-electron chi connectivity index (χ3n) is 6.34. The quantitative estimate of drug-likeness (QED) is 0.588. The van der Waals surface area contributed by atoms with Crippen LogP contribution >= 0.6 is 11.3 Å². The van der Waals surface area contributed by atoms with E-state index in [4.69, 9.17) is 9.47 Å². The Balaban J connectivity index is 1.34. The molecule has 2 aliphatic rings. The third-order valence-corrected chi connectivity index (χ3v) is 7.37. The molecule has 160 valence electrons. The molecular formula is C24H25N3O3S. The molecule has 0 amide bonds. The number of fused-ring (bicyclic) bond motifs is 3. The summed E-state index contributed by atoms with van der Waals surface area (Å²) in [5, 5.41) is 0. The molecule has 2 fully saturated rings. The molecule has 5 rings (SSSR count). The number of thiophene rings is 1. The third kappa shape index (κ3) is 3.99. The number of piperidine rings is 1. The molecule has 2 saturated heterocycles. The van der Waals surface area contributed by atoms with Gasteiger partial charge in [-0.25, -0.2) is 4.98 Å². The molecule has 0 N–H and O–H groups in total. The molecule has 4 heterocycles. The lowest BCUT2D eigenvalue weighted by molar-refractivity contribution is 0.0662. The van der Waals surface area contributed by atoms with Gasteiger partial charge in [-0.15, -0.1) is 11.3 Å². The lowest BCUT2D eigenvalue weighted by atomic mass is 10.0. The van der Waals surface area contributed by atoms with Gasteiger partial charge in [0.25, 0.3) is 5.56 Å². The fraction of sp³-hybridized carbons (Fsp3) is 0.417. The summed E-state index contributed by atoms with van der Waals surface area (Å²) >= 11 is 1.36. The van der Waals surface area contributed by atoms with E-state index in [0.29, 0.717) is 28.9 Å². The van der Waals surface area contributed by atoms with Gasteiger partial charge in [0.15, 0.2) is 0 Å². The number of methoxy groups -OCH3 is 1. The molecule has 6 nitrogen and oxygen atoms in total. The van der Waals surface area contributed by atoms with Gasteiger partial charge in [-0.1, -0.05) is 11.8 Å². The van der Waals surface area contributed by atoms with Crippen LogP contribution in [-0.4, -0.2) is 53.4 Å². The first-order valence-corrected chi connectivity index (χ1v) is 11.4. The number of hydrogen-bond acceptors (Lipinski definition) is 6. The van der Waals surface area contributed by atoms with Crippen LogP contribution in [0, 0.1) is 11.8 Å². The SMILES string of the molecule is COCC#Cc1cc2ncn(-c3ccc(OC4C[C@H]5CC[C@@H](C4)N5C)cc3)c(=O)c2s1. The van der Waals surface area contributed by atoms with E-state index < -0.39 is 0 Å². The Hall–Kier alpha value is -2.66. The minimum Gasteiger partial charge on any atom is -0.490 e. The average Bonchev–Trinajstić information content (AvgIpc) is 3.26. The Labute approximate surface area is 185 Å². The van der Waals surface area contributed by atoms with E-state index in [1.54, 1.807) is 18.0 Å². The van der Waals surface area contributed by atoms with Crippen LogP contribution < -0.4 is 10.3 Å². The molecule has 0 saturated carbocycles. The highest BCUT2D eigenvalue weighted by molar-refractivity contribution is 7.19. The van der Waals surface area contributed by atoms with Gasteiger partial charge in [-0.3, -0.25) is 9.36 Å². The van der Waals surface area contributed by atoms with Crippen LogP contribution in [0.3, 0.4) is 0 Å². The second kappa shape index (κ2) is 8.46. The van der Waals surface area contributed by atoms with Crippen molar-refractivity contribution in [1.29, 1.82) is 0 Å². The van der Waals surface area contributed by atoms with Gasteiger partial charge in [0.05, 0.1) is 16.1 Å². The summed E-state index contributed by atoms with van der Waals surface area (Å²) in [6, 6.07) is 10.9. The fourth-order valence-corrected chi connectivity index (χ4v) is 5.60. The van der Waals surface area contributed by atoms with Gasteiger partial charge < -0.3 is 14.4 Å². The second-order valence-electron chi connectivity index (χ2n) is 8.24. The first-order chi connectivity index (χ1) is 15.1. The first kappa shape index (κ1) is 20.3. The minimum absolute atomic E-state index is 0.0876. The van der Waals surface area contributed by atoms with E-state index in [2.05, 4.69) is 28.8 Å². The molecule has 0 aliphatic carbocycles. The minimum atomic E-state index is -0.0876. The zero-order valence-electron chi connectivity index (χ0n) is 17.7.